The fourth-order valence-electron chi connectivity index (χ4n) is 1.52. The molecule has 0 radical (unpaired) electrons. The van der Waals surface area contributed by atoms with Gasteiger partial charge >= 0.3 is 0 Å². The highest BCUT2D eigenvalue weighted by Crippen LogP contribution is 2.22. The van der Waals surface area contributed by atoms with Crippen LogP contribution in [-0.4, -0.2) is 14.8 Å². The Kier molecular flexibility index (Phi) is 3.30. The van der Waals surface area contributed by atoms with Gasteiger partial charge in [0.2, 0.25) is 0 Å². The van der Waals surface area contributed by atoms with E-state index in [1.54, 1.807) is 0 Å². The van der Waals surface area contributed by atoms with E-state index in [9.17, 15) is 0 Å². The average Bonchev–Trinajstić information content (AvgIpc) is 2.50. The van der Waals surface area contributed by atoms with Crippen LogP contribution in [0.5, 0.6) is 0 Å². The van der Waals surface area contributed by atoms with E-state index in [4.69, 9.17) is 11.6 Å². The predicted octanol–water partition coefficient (Wildman–Crippen LogP) is 3.36. The Labute approximate surface area is 108 Å². The highest BCUT2D eigenvalue weighted by molar-refractivity contribution is 9.10. The Bertz CT molecular complexity index is 522. The second-order valence-electron chi connectivity index (χ2n) is 3.60. The molecule has 0 aliphatic carbocycles. The van der Waals surface area contributed by atoms with E-state index in [2.05, 4.69) is 26.0 Å². The molecule has 2 aromatic rings. The van der Waals surface area contributed by atoms with Gasteiger partial charge in [-0.15, -0.1) is 0 Å². The van der Waals surface area contributed by atoms with Crippen LogP contribution >= 0.6 is 27.5 Å². The van der Waals surface area contributed by atoms with Gasteiger partial charge in [-0.2, -0.15) is 5.10 Å². The molecule has 84 valence electrons. The molecule has 0 saturated carbocycles. The summed E-state index contributed by atoms with van der Waals surface area (Å²) >= 11 is 9.53. The molecule has 0 saturated heterocycles. The van der Waals surface area contributed by atoms with Gasteiger partial charge in [-0.1, -0.05) is 33.6 Å². The standard InChI is InChI=1S/C11H11BrClN3/c1-7-14-8(2)16(15-7)6-9-3-4-10(12)5-11(9)13/h3-5H,6H2,1-2H3. The number of halogens is 2. The Balaban J connectivity index is 2.30. The molecule has 0 atom stereocenters. The van der Waals surface area contributed by atoms with Crippen molar-refractivity contribution in [1.82, 2.24) is 14.8 Å². The first kappa shape index (κ1) is 11.6. The van der Waals surface area contributed by atoms with Crippen molar-refractivity contribution in [3.63, 3.8) is 0 Å². The molecule has 1 aromatic heterocycles. The third-order valence-electron chi connectivity index (χ3n) is 2.30. The molecule has 0 aliphatic rings. The molecule has 1 aromatic carbocycles. The van der Waals surface area contributed by atoms with Gasteiger partial charge in [-0.25, -0.2) is 9.67 Å². The van der Waals surface area contributed by atoms with E-state index >= 15 is 0 Å². The van der Waals surface area contributed by atoms with E-state index < -0.39 is 0 Å². The van der Waals surface area contributed by atoms with Gasteiger partial charge in [0.25, 0.3) is 0 Å². The maximum atomic E-state index is 6.15. The zero-order chi connectivity index (χ0) is 11.7. The average molecular weight is 301 g/mol. The smallest absolute Gasteiger partial charge is 0.147 e. The first-order valence-electron chi connectivity index (χ1n) is 4.88. The fourth-order valence-corrected chi connectivity index (χ4v) is 2.26. The lowest BCUT2D eigenvalue weighted by molar-refractivity contribution is 0.656. The van der Waals surface area contributed by atoms with Crippen LogP contribution in [0.2, 0.25) is 5.02 Å². The molecule has 3 nitrogen and oxygen atoms in total. The molecule has 0 spiro atoms. The maximum Gasteiger partial charge on any atom is 0.147 e. The highest BCUT2D eigenvalue weighted by atomic mass is 79.9. The lowest BCUT2D eigenvalue weighted by Gasteiger charge is -2.06. The first-order chi connectivity index (χ1) is 7.56. The summed E-state index contributed by atoms with van der Waals surface area (Å²) in [5.74, 6) is 1.68. The van der Waals surface area contributed by atoms with Gasteiger partial charge in [-0.05, 0) is 31.5 Å². The first-order valence-corrected chi connectivity index (χ1v) is 6.05. The van der Waals surface area contributed by atoms with Crippen molar-refractivity contribution >= 4 is 27.5 Å². The zero-order valence-electron chi connectivity index (χ0n) is 9.04. The van der Waals surface area contributed by atoms with E-state index in [1.165, 1.54) is 0 Å². The van der Waals surface area contributed by atoms with Crippen molar-refractivity contribution < 1.29 is 0 Å². The number of aryl methyl sites for hydroxylation is 2. The van der Waals surface area contributed by atoms with Gasteiger partial charge in [0, 0.05) is 9.50 Å². The molecule has 0 fully saturated rings. The van der Waals surface area contributed by atoms with Crippen molar-refractivity contribution in [2.45, 2.75) is 20.4 Å². The Hall–Kier alpha value is -0.870. The summed E-state index contributed by atoms with van der Waals surface area (Å²) in [5.41, 5.74) is 1.04. The molecule has 1 heterocycles. The molecule has 0 aliphatic heterocycles. The molecular weight excluding hydrogens is 289 g/mol. The van der Waals surface area contributed by atoms with Crippen LogP contribution in [0.4, 0.5) is 0 Å². The monoisotopic (exact) mass is 299 g/mol. The topological polar surface area (TPSA) is 30.7 Å². The molecular formula is C11H11BrClN3. The quantitative estimate of drug-likeness (QED) is 0.851. The molecule has 2 rings (SSSR count). The fraction of sp³-hybridized carbons (Fsp3) is 0.273. The van der Waals surface area contributed by atoms with Crippen molar-refractivity contribution in [3.05, 3.63) is 44.9 Å². The summed E-state index contributed by atoms with van der Waals surface area (Å²) in [6.07, 6.45) is 0. The van der Waals surface area contributed by atoms with Crippen molar-refractivity contribution in [2.75, 3.05) is 0 Å². The number of aromatic nitrogens is 3. The molecule has 5 heteroatoms. The number of hydrogen-bond donors (Lipinski definition) is 0. The number of nitrogens with zero attached hydrogens (tertiary/aromatic N) is 3. The van der Waals surface area contributed by atoms with Crippen molar-refractivity contribution in [1.29, 1.82) is 0 Å². The van der Waals surface area contributed by atoms with E-state index in [0.29, 0.717) is 6.54 Å². The largest absolute Gasteiger partial charge is 0.246 e. The Morgan fingerprint density at radius 2 is 2.12 bits per heavy atom. The highest BCUT2D eigenvalue weighted by Gasteiger charge is 2.06. The SMILES string of the molecule is Cc1nc(C)n(Cc2ccc(Br)cc2Cl)n1. The third-order valence-corrected chi connectivity index (χ3v) is 3.14. The minimum atomic E-state index is 0.652. The normalized spacial score (nSPS) is 10.8. The van der Waals surface area contributed by atoms with Crippen LogP contribution in [0.25, 0.3) is 0 Å². The Morgan fingerprint density at radius 3 is 2.69 bits per heavy atom. The van der Waals surface area contributed by atoms with Crippen molar-refractivity contribution in [3.8, 4) is 0 Å². The van der Waals surface area contributed by atoms with Crippen LogP contribution in [0.1, 0.15) is 17.2 Å². The van der Waals surface area contributed by atoms with Crippen LogP contribution < -0.4 is 0 Å². The van der Waals surface area contributed by atoms with E-state index in [0.717, 1.165) is 26.7 Å². The van der Waals surface area contributed by atoms with Crippen LogP contribution in [-0.2, 0) is 6.54 Å². The molecule has 16 heavy (non-hydrogen) atoms. The van der Waals surface area contributed by atoms with Gasteiger partial charge in [0.15, 0.2) is 0 Å². The van der Waals surface area contributed by atoms with Crippen LogP contribution in [0.3, 0.4) is 0 Å². The third kappa shape index (κ3) is 2.44. The molecule has 0 unspecified atom stereocenters. The van der Waals surface area contributed by atoms with Gasteiger partial charge in [0.05, 0.1) is 6.54 Å². The summed E-state index contributed by atoms with van der Waals surface area (Å²) in [4.78, 5) is 4.25. The lowest BCUT2D eigenvalue weighted by Crippen LogP contribution is -2.04. The predicted molar refractivity (Wildman–Crippen MR) is 67.8 cm³/mol. The minimum Gasteiger partial charge on any atom is -0.246 e. The molecule has 0 N–H and O–H groups in total. The van der Waals surface area contributed by atoms with Crippen molar-refractivity contribution in [2.24, 2.45) is 0 Å². The minimum absolute atomic E-state index is 0.652. The van der Waals surface area contributed by atoms with Gasteiger partial charge < -0.3 is 0 Å². The summed E-state index contributed by atoms with van der Waals surface area (Å²) in [6.45, 7) is 4.47. The summed E-state index contributed by atoms with van der Waals surface area (Å²) < 4.78 is 2.83. The molecule has 0 amide bonds. The van der Waals surface area contributed by atoms with Gasteiger partial charge in [0.1, 0.15) is 11.6 Å². The van der Waals surface area contributed by atoms with E-state index in [-0.39, 0.29) is 0 Å². The van der Waals surface area contributed by atoms with Crippen LogP contribution in [0, 0.1) is 13.8 Å². The second kappa shape index (κ2) is 4.55. The number of benzene rings is 1. The second-order valence-corrected chi connectivity index (χ2v) is 4.92. The summed E-state index contributed by atoms with van der Waals surface area (Å²) in [6, 6.07) is 5.85. The molecule has 0 bridgehead atoms. The lowest BCUT2D eigenvalue weighted by atomic mass is 10.2. The Morgan fingerprint density at radius 1 is 1.38 bits per heavy atom. The zero-order valence-corrected chi connectivity index (χ0v) is 11.4. The van der Waals surface area contributed by atoms with Gasteiger partial charge in [-0.3, -0.25) is 0 Å². The number of rotatable bonds is 2. The summed E-state index contributed by atoms with van der Waals surface area (Å²) in [7, 11) is 0. The van der Waals surface area contributed by atoms with Crippen LogP contribution in [0.15, 0.2) is 22.7 Å². The number of hydrogen-bond acceptors (Lipinski definition) is 2. The van der Waals surface area contributed by atoms with E-state index in [1.807, 2.05) is 36.7 Å². The maximum absolute atomic E-state index is 6.15. The summed E-state index contributed by atoms with van der Waals surface area (Å²) in [5, 5.41) is 5.04.